The fraction of sp³-hybridized carbons (Fsp3) is 0.158. The van der Waals surface area contributed by atoms with E-state index in [1.807, 2.05) is 62.5 Å². The lowest BCUT2D eigenvalue weighted by Gasteiger charge is -2.06. The highest BCUT2D eigenvalue weighted by Gasteiger charge is 2.11. The number of halogens is 1. The van der Waals surface area contributed by atoms with Gasteiger partial charge in [0.2, 0.25) is 0 Å². The van der Waals surface area contributed by atoms with E-state index < -0.39 is 0 Å². The van der Waals surface area contributed by atoms with Crippen molar-refractivity contribution in [2.75, 3.05) is 5.32 Å². The van der Waals surface area contributed by atoms with E-state index in [4.69, 9.17) is 11.6 Å². The number of rotatable bonds is 4. The van der Waals surface area contributed by atoms with Crippen LogP contribution in [0.2, 0.25) is 5.02 Å². The maximum Gasteiger partial charge on any atom is 0.257 e. The summed E-state index contributed by atoms with van der Waals surface area (Å²) in [6.07, 6.45) is 1.83. The standard InChI is InChI=1S/C19H18ClN3O/c1-13-6-7-17(14(2)10-13)19(24)21-18-8-9-23(22-18)12-15-4-3-5-16(20)11-15/h3-11H,12H2,1-2H3,(H,21,22,24). The van der Waals surface area contributed by atoms with Crippen molar-refractivity contribution in [3.8, 4) is 0 Å². The predicted molar refractivity (Wildman–Crippen MR) is 96.7 cm³/mol. The first-order chi connectivity index (χ1) is 11.5. The Hall–Kier alpha value is -2.59. The third-order valence-electron chi connectivity index (χ3n) is 3.74. The van der Waals surface area contributed by atoms with Gasteiger partial charge < -0.3 is 5.32 Å². The minimum atomic E-state index is -0.152. The molecule has 0 aliphatic rings. The molecule has 0 aliphatic heterocycles. The molecule has 0 saturated carbocycles. The highest BCUT2D eigenvalue weighted by atomic mass is 35.5. The number of hydrogen-bond donors (Lipinski definition) is 1. The van der Waals surface area contributed by atoms with E-state index in [9.17, 15) is 4.79 Å². The lowest BCUT2D eigenvalue weighted by atomic mass is 10.1. The molecule has 122 valence electrons. The van der Waals surface area contributed by atoms with Crippen molar-refractivity contribution < 1.29 is 4.79 Å². The fourth-order valence-electron chi connectivity index (χ4n) is 2.59. The number of hydrogen-bond acceptors (Lipinski definition) is 2. The number of carbonyl (C=O) groups is 1. The predicted octanol–water partition coefficient (Wildman–Crippen LogP) is 4.45. The average Bonchev–Trinajstić information content (AvgIpc) is 2.94. The van der Waals surface area contributed by atoms with Gasteiger partial charge in [-0.3, -0.25) is 9.48 Å². The van der Waals surface area contributed by atoms with Gasteiger partial charge in [0.05, 0.1) is 6.54 Å². The Labute approximate surface area is 146 Å². The minimum Gasteiger partial charge on any atom is -0.305 e. The first-order valence-electron chi connectivity index (χ1n) is 7.68. The second-order valence-electron chi connectivity index (χ2n) is 5.80. The zero-order chi connectivity index (χ0) is 17.1. The summed E-state index contributed by atoms with van der Waals surface area (Å²) < 4.78 is 1.77. The normalized spacial score (nSPS) is 10.6. The molecular formula is C19H18ClN3O. The number of nitrogens with zero attached hydrogens (tertiary/aromatic N) is 2. The van der Waals surface area contributed by atoms with Crippen molar-refractivity contribution in [3.63, 3.8) is 0 Å². The summed E-state index contributed by atoms with van der Waals surface area (Å²) in [5, 5.41) is 7.93. The summed E-state index contributed by atoms with van der Waals surface area (Å²) in [6.45, 7) is 4.53. The molecule has 4 nitrogen and oxygen atoms in total. The second-order valence-corrected chi connectivity index (χ2v) is 6.24. The van der Waals surface area contributed by atoms with Gasteiger partial charge in [-0.1, -0.05) is 41.4 Å². The topological polar surface area (TPSA) is 46.9 Å². The molecule has 1 aromatic heterocycles. The Morgan fingerprint density at radius 3 is 2.75 bits per heavy atom. The van der Waals surface area contributed by atoms with Crippen LogP contribution in [-0.4, -0.2) is 15.7 Å². The Balaban J connectivity index is 1.70. The van der Waals surface area contributed by atoms with Crippen LogP contribution in [0.5, 0.6) is 0 Å². The van der Waals surface area contributed by atoms with Crippen LogP contribution in [0.15, 0.2) is 54.7 Å². The maximum atomic E-state index is 12.4. The van der Waals surface area contributed by atoms with Crippen molar-refractivity contribution in [1.29, 1.82) is 0 Å². The van der Waals surface area contributed by atoms with Gasteiger partial charge in [-0.15, -0.1) is 0 Å². The summed E-state index contributed by atoms with van der Waals surface area (Å²) in [6, 6.07) is 15.2. The maximum absolute atomic E-state index is 12.4. The SMILES string of the molecule is Cc1ccc(C(=O)Nc2ccn(Cc3cccc(Cl)c3)n2)c(C)c1. The molecule has 5 heteroatoms. The van der Waals surface area contributed by atoms with Crippen LogP contribution in [0, 0.1) is 13.8 Å². The first kappa shape index (κ1) is 16.3. The number of carbonyl (C=O) groups excluding carboxylic acids is 1. The van der Waals surface area contributed by atoms with Crippen LogP contribution >= 0.6 is 11.6 Å². The Bertz CT molecular complexity index is 886. The van der Waals surface area contributed by atoms with Gasteiger partial charge >= 0.3 is 0 Å². The summed E-state index contributed by atoms with van der Waals surface area (Å²) in [4.78, 5) is 12.4. The van der Waals surface area contributed by atoms with Crippen molar-refractivity contribution in [1.82, 2.24) is 9.78 Å². The van der Waals surface area contributed by atoms with Crippen LogP contribution in [0.4, 0.5) is 5.82 Å². The summed E-state index contributed by atoms with van der Waals surface area (Å²) in [5.41, 5.74) is 3.79. The van der Waals surface area contributed by atoms with Gasteiger partial charge in [0.25, 0.3) is 5.91 Å². The fourth-order valence-corrected chi connectivity index (χ4v) is 2.80. The molecule has 2 aromatic carbocycles. The molecule has 3 aromatic rings. The van der Waals surface area contributed by atoms with Crippen molar-refractivity contribution in [3.05, 3.63) is 82.0 Å². The van der Waals surface area contributed by atoms with Crippen molar-refractivity contribution in [2.45, 2.75) is 20.4 Å². The monoisotopic (exact) mass is 339 g/mol. The molecule has 0 spiro atoms. The van der Waals surface area contributed by atoms with E-state index in [0.29, 0.717) is 22.9 Å². The third-order valence-corrected chi connectivity index (χ3v) is 3.98. The molecule has 0 bridgehead atoms. The van der Waals surface area contributed by atoms with Crippen LogP contribution in [-0.2, 0) is 6.54 Å². The quantitative estimate of drug-likeness (QED) is 0.763. The van der Waals surface area contributed by atoms with E-state index in [1.54, 1.807) is 10.7 Å². The number of anilines is 1. The molecule has 0 unspecified atom stereocenters. The van der Waals surface area contributed by atoms with Crippen molar-refractivity contribution >= 4 is 23.3 Å². The van der Waals surface area contributed by atoms with E-state index in [-0.39, 0.29) is 5.91 Å². The van der Waals surface area contributed by atoms with Gasteiger partial charge in [-0.2, -0.15) is 5.10 Å². The zero-order valence-corrected chi connectivity index (χ0v) is 14.3. The molecule has 24 heavy (non-hydrogen) atoms. The molecule has 0 saturated heterocycles. The highest BCUT2D eigenvalue weighted by Crippen LogP contribution is 2.15. The zero-order valence-electron chi connectivity index (χ0n) is 13.6. The lowest BCUT2D eigenvalue weighted by Crippen LogP contribution is -2.14. The molecule has 1 N–H and O–H groups in total. The Morgan fingerprint density at radius 1 is 1.17 bits per heavy atom. The number of nitrogens with one attached hydrogen (secondary N) is 1. The van der Waals surface area contributed by atoms with Crippen LogP contribution in [0.1, 0.15) is 27.0 Å². The first-order valence-corrected chi connectivity index (χ1v) is 8.05. The summed E-state index contributed by atoms with van der Waals surface area (Å²) in [5.74, 6) is 0.377. The average molecular weight is 340 g/mol. The number of benzene rings is 2. The summed E-state index contributed by atoms with van der Waals surface area (Å²) in [7, 11) is 0. The minimum absolute atomic E-state index is 0.152. The van der Waals surface area contributed by atoms with Crippen LogP contribution in [0.25, 0.3) is 0 Å². The molecule has 0 fully saturated rings. The highest BCUT2D eigenvalue weighted by molar-refractivity contribution is 6.30. The van der Waals surface area contributed by atoms with Crippen LogP contribution in [0.3, 0.4) is 0 Å². The van der Waals surface area contributed by atoms with Crippen LogP contribution < -0.4 is 5.32 Å². The van der Waals surface area contributed by atoms with Gasteiger partial charge in [0.1, 0.15) is 0 Å². The largest absolute Gasteiger partial charge is 0.305 e. The molecular weight excluding hydrogens is 322 g/mol. The Morgan fingerprint density at radius 2 is 2.00 bits per heavy atom. The lowest BCUT2D eigenvalue weighted by molar-refractivity contribution is 0.102. The molecule has 0 radical (unpaired) electrons. The summed E-state index contributed by atoms with van der Waals surface area (Å²) >= 11 is 5.99. The number of aryl methyl sites for hydroxylation is 2. The number of amides is 1. The van der Waals surface area contributed by atoms with Gasteiger partial charge in [-0.05, 0) is 43.2 Å². The molecule has 3 rings (SSSR count). The van der Waals surface area contributed by atoms with E-state index in [0.717, 1.165) is 16.7 Å². The third kappa shape index (κ3) is 3.84. The van der Waals surface area contributed by atoms with Gasteiger partial charge in [0.15, 0.2) is 5.82 Å². The second kappa shape index (κ2) is 6.89. The van der Waals surface area contributed by atoms with E-state index in [2.05, 4.69) is 10.4 Å². The number of aromatic nitrogens is 2. The Kier molecular flexibility index (Phi) is 4.67. The van der Waals surface area contributed by atoms with Crippen molar-refractivity contribution in [2.24, 2.45) is 0 Å². The van der Waals surface area contributed by atoms with E-state index in [1.165, 1.54) is 0 Å². The van der Waals surface area contributed by atoms with Gasteiger partial charge in [0, 0.05) is 22.8 Å². The molecule has 1 heterocycles. The smallest absolute Gasteiger partial charge is 0.257 e. The molecule has 0 aliphatic carbocycles. The van der Waals surface area contributed by atoms with Gasteiger partial charge in [-0.25, -0.2) is 0 Å². The molecule has 0 atom stereocenters. The molecule has 1 amide bonds. The van der Waals surface area contributed by atoms with E-state index >= 15 is 0 Å².